The molecule has 0 fully saturated rings. The van der Waals surface area contributed by atoms with Gasteiger partial charge in [0.2, 0.25) is 5.91 Å². The molecule has 0 saturated heterocycles. The van der Waals surface area contributed by atoms with Crippen molar-refractivity contribution in [2.45, 2.75) is 19.3 Å². The molecule has 146 valence electrons. The van der Waals surface area contributed by atoms with E-state index in [1.54, 1.807) is 0 Å². The molecule has 0 radical (unpaired) electrons. The van der Waals surface area contributed by atoms with Gasteiger partial charge in [0.1, 0.15) is 18.8 Å². The van der Waals surface area contributed by atoms with E-state index in [0.717, 1.165) is 21.6 Å². The second kappa shape index (κ2) is 8.33. The van der Waals surface area contributed by atoms with Crippen molar-refractivity contribution in [3.63, 3.8) is 0 Å². The Morgan fingerprint density at radius 3 is 2.26 bits per heavy atom. The number of hydrogen-bond donors (Lipinski definition) is 3. The molecule has 2 rings (SSSR count). The van der Waals surface area contributed by atoms with Crippen molar-refractivity contribution in [3.05, 3.63) is 35.9 Å². The van der Waals surface area contributed by atoms with Crippen LogP contribution in [0.4, 0.5) is 13.2 Å². The number of carboxylic acids is 1. The molecule has 0 aliphatic carbocycles. The van der Waals surface area contributed by atoms with Gasteiger partial charge in [-0.2, -0.15) is 23.4 Å². The number of aliphatic carboxylic acids is 1. The summed E-state index contributed by atoms with van der Waals surface area (Å²) in [6.45, 7) is -0.701. The van der Waals surface area contributed by atoms with Crippen molar-refractivity contribution in [1.82, 2.24) is 30.2 Å². The summed E-state index contributed by atoms with van der Waals surface area (Å²) in [5.74, 6) is -2.24. The first-order chi connectivity index (χ1) is 12.6. The maximum atomic E-state index is 12.4. The third kappa shape index (κ3) is 6.13. The molecule has 2 amide bonds. The van der Waals surface area contributed by atoms with Crippen LogP contribution in [0.5, 0.6) is 0 Å². The molecule has 0 aliphatic rings. The zero-order valence-corrected chi connectivity index (χ0v) is 13.7. The van der Waals surface area contributed by atoms with Gasteiger partial charge in [-0.3, -0.25) is 23.7 Å². The van der Waals surface area contributed by atoms with Crippen molar-refractivity contribution in [1.29, 1.82) is 0 Å². The Morgan fingerprint density at radius 1 is 1.00 bits per heavy atom. The standard InChI is InChI=1S/C14H15F3N6O4/c15-14(16,17)10-2-6-22(21-10)7-11(24)18-3-4-19-13(27)9-1-5-23(20-9)8-12(25)26/h1-2,5-6H,3-4,7-8H2,(H,18,24)(H,19,27)(H,25,26). The van der Waals surface area contributed by atoms with Gasteiger partial charge in [0.05, 0.1) is 0 Å². The second-order valence-corrected chi connectivity index (χ2v) is 5.29. The maximum Gasteiger partial charge on any atom is 0.435 e. The van der Waals surface area contributed by atoms with Crippen LogP contribution in [0.1, 0.15) is 16.2 Å². The van der Waals surface area contributed by atoms with Crippen LogP contribution in [-0.4, -0.2) is 55.5 Å². The number of aromatic nitrogens is 4. The molecule has 13 heteroatoms. The molecule has 0 unspecified atom stereocenters. The number of carbonyl (C=O) groups excluding carboxylic acids is 2. The maximum absolute atomic E-state index is 12.4. The van der Waals surface area contributed by atoms with Gasteiger partial charge in [0.25, 0.3) is 5.91 Å². The minimum Gasteiger partial charge on any atom is -0.480 e. The van der Waals surface area contributed by atoms with E-state index in [1.165, 1.54) is 12.3 Å². The van der Waals surface area contributed by atoms with Gasteiger partial charge in [-0.1, -0.05) is 0 Å². The van der Waals surface area contributed by atoms with Crippen molar-refractivity contribution in [2.24, 2.45) is 0 Å². The Balaban J connectivity index is 1.70. The predicted octanol–water partition coefficient (Wildman–Crippen LogP) is -0.271. The van der Waals surface area contributed by atoms with Crippen molar-refractivity contribution in [3.8, 4) is 0 Å². The Labute approximate surface area is 149 Å². The van der Waals surface area contributed by atoms with Crippen LogP contribution in [0, 0.1) is 0 Å². The van der Waals surface area contributed by atoms with Gasteiger partial charge in [0, 0.05) is 25.5 Å². The topological polar surface area (TPSA) is 131 Å². The molecule has 0 atom stereocenters. The van der Waals surface area contributed by atoms with Crippen LogP contribution >= 0.6 is 0 Å². The van der Waals surface area contributed by atoms with Crippen LogP contribution in [0.15, 0.2) is 24.5 Å². The zero-order chi connectivity index (χ0) is 20.0. The number of rotatable bonds is 8. The Hall–Kier alpha value is -3.38. The summed E-state index contributed by atoms with van der Waals surface area (Å²) in [7, 11) is 0. The number of nitrogens with one attached hydrogen (secondary N) is 2. The van der Waals surface area contributed by atoms with E-state index < -0.39 is 36.2 Å². The lowest BCUT2D eigenvalue weighted by Crippen LogP contribution is -2.36. The molecule has 0 aromatic carbocycles. The Morgan fingerprint density at radius 2 is 1.63 bits per heavy atom. The quantitative estimate of drug-likeness (QED) is 0.534. The fraction of sp³-hybridized carbons (Fsp3) is 0.357. The SMILES string of the molecule is O=C(O)Cn1ccc(C(=O)NCCNC(=O)Cn2ccc(C(F)(F)F)n2)n1. The minimum atomic E-state index is -4.58. The number of hydrogen-bond acceptors (Lipinski definition) is 5. The molecular weight excluding hydrogens is 373 g/mol. The summed E-state index contributed by atoms with van der Waals surface area (Å²) < 4.78 is 39.2. The highest BCUT2D eigenvalue weighted by Crippen LogP contribution is 2.27. The fourth-order valence-electron chi connectivity index (χ4n) is 1.98. The molecule has 0 saturated carbocycles. The average Bonchev–Trinajstić information content (AvgIpc) is 3.20. The summed E-state index contributed by atoms with van der Waals surface area (Å²) in [5, 5.41) is 20.5. The highest BCUT2D eigenvalue weighted by atomic mass is 19.4. The van der Waals surface area contributed by atoms with Crippen molar-refractivity contribution >= 4 is 17.8 Å². The lowest BCUT2D eigenvalue weighted by Gasteiger charge is -2.06. The summed E-state index contributed by atoms with van der Waals surface area (Å²) >= 11 is 0. The minimum absolute atomic E-state index is 0.0128. The van der Waals surface area contributed by atoms with Gasteiger partial charge in [-0.15, -0.1) is 0 Å². The number of amides is 2. The van der Waals surface area contributed by atoms with E-state index >= 15 is 0 Å². The molecule has 2 heterocycles. The summed E-state index contributed by atoms with van der Waals surface area (Å²) in [4.78, 5) is 34.0. The van der Waals surface area contributed by atoms with Crippen LogP contribution in [0.25, 0.3) is 0 Å². The number of carboxylic acid groups (broad SMARTS) is 1. The van der Waals surface area contributed by atoms with Gasteiger partial charge in [-0.05, 0) is 12.1 Å². The van der Waals surface area contributed by atoms with Gasteiger partial charge in [-0.25, -0.2) is 0 Å². The van der Waals surface area contributed by atoms with E-state index in [1.807, 2.05) is 0 Å². The zero-order valence-electron chi connectivity index (χ0n) is 13.7. The molecule has 27 heavy (non-hydrogen) atoms. The van der Waals surface area contributed by atoms with Gasteiger partial charge < -0.3 is 15.7 Å². The summed E-state index contributed by atoms with van der Waals surface area (Å²) in [6, 6.07) is 2.10. The van der Waals surface area contributed by atoms with E-state index in [-0.39, 0.29) is 25.3 Å². The first-order valence-corrected chi connectivity index (χ1v) is 7.56. The number of carbonyl (C=O) groups is 3. The monoisotopic (exact) mass is 388 g/mol. The molecule has 0 spiro atoms. The number of alkyl halides is 3. The normalized spacial score (nSPS) is 11.2. The second-order valence-electron chi connectivity index (χ2n) is 5.29. The summed E-state index contributed by atoms with van der Waals surface area (Å²) in [6.07, 6.45) is -2.20. The molecule has 10 nitrogen and oxygen atoms in total. The van der Waals surface area contributed by atoms with Crippen LogP contribution in [0.3, 0.4) is 0 Å². The smallest absolute Gasteiger partial charge is 0.435 e. The van der Waals surface area contributed by atoms with E-state index in [9.17, 15) is 27.6 Å². The first kappa shape index (κ1) is 19.9. The van der Waals surface area contributed by atoms with E-state index in [2.05, 4.69) is 20.8 Å². The highest BCUT2D eigenvalue weighted by molar-refractivity contribution is 5.92. The average molecular weight is 388 g/mol. The predicted molar refractivity (Wildman–Crippen MR) is 82.4 cm³/mol. The number of nitrogens with zero attached hydrogens (tertiary/aromatic N) is 4. The molecule has 2 aromatic rings. The first-order valence-electron chi connectivity index (χ1n) is 7.56. The van der Waals surface area contributed by atoms with E-state index in [4.69, 9.17) is 5.11 Å². The molecule has 0 aliphatic heterocycles. The molecule has 3 N–H and O–H groups in total. The fourth-order valence-corrected chi connectivity index (χ4v) is 1.98. The third-order valence-corrected chi connectivity index (χ3v) is 3.14. The lowest BCUT2D eigenvalue weighted by atomic mass is 10.4. The Kier molecular flexibility index (Phi) is 6.15. The van der Waals surface area contributed by atoms with E-state index in [0.29, 0.717) is 0 Å². The largest absolute Gasteiger partial charge is 0.480 e. The molecule has 0 bridgehead atoms. The van der Waals surface area contributed by atoms with Gasteiger partial charge >= 0.3 is 12.1 Å². The molecule has 2 aromatic heterocycles. The third-order valence-electron chi connectivity index (χ3n) is 3.14. The van der Waals surface area contributed by atoms with Crippen LogP contribution in [0.2, 0.25) is 0 Å². The highest BCUT2D eigenvalue weighted by Gasteiger charge is 2.33. The summed E-state index contributed by atoms with van der Waals surface area (Å²) in [5.41, 5.74) is -1.08. The lowest BCUT2D eigenvalue weighted by molar-refractivity contribution is -0.142. The van der Waals surface area contributed by atoms with Crippen LogP contribution in [-0.2, 0) is 28.9 Å². The number of halogens is 3. The Bertz CT molecular complexity index is 829. The van der Waals surface area contributed by atoms with Gasteiger partial charge in [0.15, 0.2) is 5.69 Å². The van der Waals surface area contributed by atoms with Crippen molar-refractivity contribution in [2.75, 3.05) is 13.1 Å². The molecular formula is C14H15F3N6O4. The van der Waals surface area contributed by atoms with Crippen LogP contribution < -0.4 is 10.6 Å². The van der Waals surface area contributed by atoms with Crippen molar-refractivity contribution < 1.29 is 32.7 Å².